The summed E-state index contributed by atoms with van der Waals surface area (Å²) in [4.78, 5) is 29.5. The highest BCUT2D eigenvalue weighted by Gasteiger charge is 2.34. The lowest BCUT2D eigenvalue weighted by molar-refractivity contribution is -0.140. The van der Waals surface area contributed by atoms with Gasteiger partial charge in [0, 0.05) is 19.0 Å². The third kappa shape index (κ3) is 8.57. The molecule has 0 aromatic heterocycles. The summed E-state index contributed by atoms with van der Waals surface area (Å²) in [5.74, 6) is -0.0825. The molecule has 0 bridgehead atoms. The molecule has 1 atom stereocenters. The van der Waals surface area contributed by atoms with E-state index in [0.717, 1.165) is 47.4 Å². The molecule has 1 aliphatic carbocycles. The Morgan fingerprint density at radius 2 is 1.49 bits per heavy atom. The largest absolute Gasteiger partial charge is 0.494 e. The van der Waals surface area contributed by atoms with E-state index in [1.54, 1.807) is 24.3 Å². The first-order chi connectivity index (χ1) is 19.7. The van der Waals surface area contributed by atoms with Crippen molar-refractivity contribution >= 4 is 27.5 Å². The molecule has 0 spiro atoms. The summed E-state index contributed by atoms with van der Waals surface area (Å²) >= 11 is 0. The first kappa shape index (κ1) is 30.1. The number of benzene rings is 3. The predicted molar refractivity (Wildman–Crippen MR) is 161 cm³/mol. The summed E-state index contributed by atoms with van der Waals surface area (Å²) in [6.07, 6.45) is 5.33. The third-order valence-corrected chi connectivity index (χ3v) is 8.42. The van der Waals surface area contributed by atoms with Crippen LogP contribution in [0.5, 0.6) is 5.75 Å². The second kappa shape index (κ2) is 14.2. The SMILES string of the molecule is CCOc1ccc(N(CC(=O)N(Cc2ccccc2)C(Cc2ccccc2)C(=O)NC2CCCC2)S(C)(=O)=O)cc1. The standard InChI is InChI=1S/C32H39N3O5S/c1-3-40-29-20-18-28(19-21-29)35(41(2,38)39)24-31(36)34(23-26-14-8-5-9-15-26)30(22-25-12-6-4-7-13-25)32(37)33-27-16-10-11-17-27/h4-9,12-15,18-21,27,30H,3,10-11,16-17,22-24H2,1-2H3,(H,33,37). The molecule has 1 unspecified atom stereocenters. The normalized spacial score (nSPS) is 14.3. The Kier molecular flexibility index (Phi) is 10.4. The van der Waals surface area contributed by atoms with Crippen molar-refractivity contribution < 1.29 is 22.7 Å². The highest BCUT2D eigenvalue weighted by atomic mass is 32.2. The van der Waals surface area contributed by atoms with Crippen molar-refractivity contribution in [2.45, 2.75) is 57.7 Å². The number of amides is 2. The number of carbonyl (C=O) groups excluding carboxylic acids is 2. The van der Waals surface area contributed by atoms with Gasteiger partial charge in [-0.3, -0.25) is 13.9 Å². The zero-order valence-corrected chi connectivity index (χ0v) is 24.6. The van der Waals surface area contributed by atoms with Crippen LogP contribution in [0.2, 0.25) is 0 Å². The molecule has 0 radical (unpaired) electrons. The number of ether oxygens (including phenoxy) is 1. The topological polar surface area (TPSA) is 96.0 Å². The molecule has 2 amide bonds. The predicted octanol–water partition coefficient (Wildman–Crippen LogP) is 4.55. The fourth-order valence-electron chi connectivity index (χ4n) is 5.19. The van der Waals surface area contributed by atoms with Crippen LogP contribution in [0.4, 0.5) is 5.69 Å². The maximum atomic E-state index is 14.1. The highest BCUT2D eigenvalue weighted by Crippen LogP contribution is 2.24. The van der Waals surface area contributed by atoms with Gasteiger partial charge < -0.3 is 15.0 Å². The van der Waals surface area contributed by atoms with E-state index < -0.39 is 28.5 Å². The Bertz CT molecular complexity index is 1380. The van der Waals surface area contributed by atoms with Gasteiger partial charge in [0.05, 0.1) is 18.6 Å². The van der Waals surface area contributed by atoms with E-state index in [-0.39, 0.29) is 18.5 Å². The summed E-state index contributed by atoms with van der Waals surface area (Å²) in [5.41, 5.74) is 2.11. The Balaban J connectivity index is 1.68. The average molecular weight is 578 g/mol. The molecule has 0 heterocycles. The van der Waals surface area contributed by atoms with Gasteiger partial charge in [-0.25, -0.2) is 8.42 Å². The first-order valence-electron chi connectivity index (χ1n) is 14.1. The number of carbonyl (C=O) groups is 2. The van der Waals surface area contributed by atoms with Gasteiger partial charge in [-0.2, -0.15) is 0 Å². The highest BCUT2D eigenvalue weighted by molar-refractivity contribution is 7.92. The van der Waals surface area contributed by atoms with Crippen molar-refractivity contribution in [1.29, 1.82) is 0 Å². The summed E-state index contributed by atoms with van der Waals surface area (Å²) < 4.78 is 32.4. The van der Waals surface area contributed by atoms with Crippen LogP contribution in [-0.4, -0.2) is 56.6 Å². The molecule has 1 fully saturated rings. The summed E-state index contributed by atoms with van der Waals surface area (Å²) in [6.45, 7) is 2.07. The van der Waals surface area contributed by atoms with Gasteiger partial charge in [0.2, 0.25) is 21.8 Å². The summed E-state index contributed by atoms with van der Waals surface area (Å²) in [5, 5.41) is 3.18. The van der Waals surface area contributed by atoms with Crippen LogP contribution in [0.1, 0.15) is 43.7 Å². The van der Waals surface area contributed by atoms with Gasteiger partial charge in [-0.15, -0.1) is 0 Å². The van der Waals surface area contributed by atoms with E-state index in [1.165, 1.54) is 4.90 Å². The quantitative estimate of drug-likeness (QED) is 0.322. The lowest BCUT2D eigenvalue weighted by Crippen LogP contribution is -2.54. The Labute approximate surface area is 243 Å². The van der Waals surface area contributed by atoms with Crippen molar-refractivity contribution in [1.82, 2.24) is 10.2 Å². The van der Waals surface area contributed by atoms with E-state index >= 15 is 0 Å². The lowest BCUT2D eigenvalue weighted by atomic mass is 10.0. The minimum Gasteiger partial charge on any atom is -0.494 e. The van der Waals surface area contributed by atoms with Crippen molar-refractivity contribution in [3.05, 3.63) is 96.1 Å². The number of anilines is 1. The van der Waals surface area contributed by atoms with Gasteiger partial charge in [-0.05, 0) is 55.2 Å². The monoisotopic (exact) mass is 577 g/mol. The van der Waals surface area contributed by atoms with Gasteiger partial charge in [-0.1, -0.05) is 73.5 Å². The molecule has 0 saturated heterocycles. The van der Waals surface area contributed by atoms with Crippen molar-refractivity contribution in [3.8, 4) is 5.75 Å². The molecule has 9 heteroatoms. The molecule has 0 aliphatic heterocycles. The number of nitrogens with one attached hydrogen (secondary N) is 1. The molecule has 4 rings (SSSR count). The lowest BCUT2D eigenvalue weighted by Gasteiger charge is -2.34. The maximum absolute atomic E-state index is 14.1. The van der Waals surface area contributed by atoms with Gasteiger partial charge in [0.15, 0.2) is 0 Å². The fraction of sp³-hybridized carbons (Fsp3) is 0.375. The Morgan fingerprint density at radius 1 is 0.902 bits per heavy atom. The van der Waals surface area contributed by atoms with E-state index in [9.17, 15) is 18.0 Å². The van der Waals surface area contributed by atoms with E-state index in [4.69, 9.17) is 4.74 Å². The van der Waals surface area contributed by atoms with Crippen LogP contribution in [0, 0.1) is 0 Å². The smallest absolute Gasteiger partial charge is 0.244 e. The molecular formula is C32H39N3O5S. The maximum Gasteiger partial charge on any atom is 0.244 e. The summed E-state index contributed by atoms with van der Waals surface area (Å²) in [6, 6.07) is 24.9. The minimum atomic E-state index is -3.82. The molecule has 218 valence electrons. The van der Waals surface area contributed by atoms with E-state index in [0.29, 0.717) is 24.5 Å². The molecular weight excluding hydrogens is 538 g/mol. The number of rotatable bonds is 13. The average Bonchev–Trinajstić information content (AvgIpc) is 3.48. The van der Waals surface area contributed by atoms with E-state index in [2.05, 4.69) is 5.32 Å². The number of nitrogens with zero attached hydrogens (tertiary/aromatic N) is 2. The fourth-order valence-corrected chi connectivity index (χ4v) is 6.04. The number of sulfonamides is 1. The Morgan fingerprint density at radius 3 is 2.05 bits per heavy atom. The molecule has 1 aliphatic rings. The first-order valence-corrected chi connectivity index (χ1v) is 16.0. The molecule has 8 nitrogen and oxygen atoms in total. The van der Waals surface area contributed by atoms with Gasteiger partial charge in [0.25, 0.3) is 0 Å². The van der Waals surface area contributed by atoms with E-state index in [1.807, 2.05) is 67.6 Å². The molecule has 1 saturated carbocycles. The van der Waals surface area contributed by atoms with Crippen molar-refractivity contribution in [2.75, 3.05) is 23.7 Å². The second-order valence-electron chi connectivity index (χ2n) is 10.4. The van der Waals surface area contributed by atoms with Crippen LogP contribution in [0.25, 0.3) is 0 Å². The number of hydrogen-bond acceptors (Lipinski definition) is 5. The minimum absolute atomic E-state index is 0.0748. The van der Waals surface area contributed by atoms with Crippen LogP contribution in [0.3, 0.4) is 0 Å². The van der Waals surface area contributed by atoms with Gasteiger partial charge in [0.1, 0.15) is 18.3 Å². The van der Waals surface area contributed by atoms with Crippen LogP contribution in [-0.2, 0) is 32.6 Å². The van der Waals surface area contributed by atoms with Gasteiger partial charge >= 0.3 is 0 Å². The molecule has 41 heavy (non-hydrogen) atoms. The zero-order chi connectivity index (χ0) is 29.2. The second-order valence-corrected chi connectivity index (χ2v) is 12.3. The molecule has 3 aromatic rings. The zero-order valence-electron chi connectivity index (χ0n) is 23.7. The van der Waals surface area contributed by atoms with Crippen molar-refractivity contribution in [3.63, 3.8) is 0 Å². The van der Waals surface area contributed by atoms with Crippen molar-refractivity contribution in [2.24, 2.45) is 0 Å². The van der Waals surface area contributed by atoms with Crippen LogP contribution < -0.4 is 14.4 Å². The summed E-state index contributed by atoms with van der Waals surface area (Å²) in [7, 11) is -3.82. The third-order valence-electron chi connectivity index (χ3n) is 7.28. The molecule has 3 aromatic carbocycles. The van der Waals surface area contributed by atoms with Crippen LogP contribution in [0.15, 0.2) is 84.9 Å². The van der Waals surface area contributed by atoms with Crippen LogP contribution >= 0.6 is 0 Å². The molecule has 1 N–H and O–H groups in total. The number of hydrogen-bond donors (Lipinski definition) is 1. The Hall–Kier alpha value is -3.85.